The van der Waals surface area contributed by atoms with E-state index in [2.05, 4.69) is 10.3 Å². The third-order valence-corrected chi connectivity index (χ3v) is 6.76. The number of halogens is 1. The van der Waals surface area contributed by atoms with Gasteiger partial charge in [-0.05, 0) is 24.7 Å². The fraction of sp³-hybridized carbons (Fsp3) is 0.615. The number of nitrogens with one attached hydrogen (secondary N) is 1. The minimum absolute atomic E-state index is 0.0525. The summed E-state index contributed by atoms with van der Waals surface area (Å²) in [5.41, 5.74) is 0. The van der Waals surface area contributed by atoms with Crippen LogP contribution in [0.2, 0.25) is 5.02 Å². The Labute approximate surface area is 135 Å². The van der Waals surface area contributed by atoms with Crippen LogP contribution in [0.15, 0.2) is 17.2 Å². The molecule has 1 aromatic heterocycles. The van der Waals surface area contributed by atoms with Gasteiger partial charge in [-0.15, -0.1) is 0 Å². The minimum Gasteiger partial charge on any atom is -0.369 e. The zero-order chi connectivity index (χ0) is 15.5. The maximum Gasteiger partial charge on any atom is 0.244 e. The summed E-state index contributed by atoms with van der Waals surface area (Å²) in [4.78, 5) is 4.28. The van der Waals surface area contributed by atoms with Crippen molar-refractivity contribution >= 4 is 39.2 Å². The molecule has 1 N–H and O–H groups in total. The number of pyridine rings is 1. The van der Waals surface area contributed by atoms with E-state index in [1.54, 1.807) is 18.8 Å². The third kappa shape index (κ3) is 3.83. The van der Waals surface area contributed by atoms with Crippen LogP contribution in [0.3, 0.4) is 0 Å². The first-order valence-electron chi connectivity index (χ1n) is 6.92. The van der Waals surface area contributed by atoms with Crippen LogP contribution >= 0.6 is 23.4 Å². The zero-order valence-corrected chi connectivity index (χ0v) is 14.6. The van der Waals surface area contributed by atoms with Crippen molar-refractivity contribution in [2.45, 2.75) is 30.7 Å². The second-order valence-corrected chi connectivity index (χ2v) is 8.52. The van der Waals surface area contributed by atoms with Crippen LogP contribution in [0.25, 0.3) is 0 Å². The van der Waals surface area contributed by atoms with Crippen LogP contribution in [-0.4, -0.2) is 48.8 Å². The molecule has 2 heterocycles. The molecule has 0 aliphatic carbocycles. The first kappa shape index (κ1) is 16.9. The molecule has 0 amide bonds. The first-order chi connectivity index (χ1) is 9.96. The highest BCUT2D eigenvalue weighted by molar-refractivity contribution is 7.99. The quantitative estimate of drug-likeness (QED) is 0.855. The Morgan fingerprint density at radius 2 is 2.33 bits per heavy atom. The molecular formula is C13H20ClN3O2S2. The largest absolute Gasteiger partial charge is 0.369 e. The maximum absolute atomic E-state index is 12.6. The smallest absolute Gasteiger partial charge is 0.244 e. The predicted molar refractivity (Wildman–Crippen MR) is 88.7 cm³/mol. The Kier molecular flexibility index (Phi) is 5.76. The summed E-state index contributed by atoms with van der Waals surface area (Å²) >= 11 is 7.90. The van der Waals surface area contributed by atoms with Crippen molar-refractivity contribution in [1.82, 2.24) is 9.29 Å². The van der Waals surface area contributed by atoms with Crippen LogP contribution in [0.1, 0.15) is 19.8 Å². The summed E-state index contributed by atoms with van der Waals surface area (Å²) in [6.45, 7) is 2.78. The molecule has 1 saturated heterocycles. The topological polar surface area (TPSA) is 62.3 Å². The fourth-order valence-electron chi connectivity index (χ4n) is 2.11. The SMILES string of the molecule is CCCNc1ncc(S(=O)(=O)N(C)C2CCSC2)cc1Cl. The van der Waals surface area contributed by atoms with Crippen LogP contribution in [0, 0.1) is 0 Å². The molecule has 1 aliphatic rings. The van der Waals surface area contributed by atoms with Gasteiger partial charge in [-0.2, -0.15) is 16.1 Å². The van der Waals surface area contributed by atoms with Gasteiger partial charge < -0.3 is 5.32 Å². The molecule has 0 radical (unpaired) electrons. The van der Waals surface area contributed by atoms with Crippen molar-refractivity contribution in [3.05, 3.63) is 17.3 Å². The number of nitrogens with zero attached hydrogens (tertiary/aromatic N) is 2. The molecular weight excluding hydrogens is 330 g/mol. The Balaban J connectivity index is 2.21. The minimum atomic E-state index is -3.54. The van der Waals surface area contributed by atoms with E-state index in [9.17, 15) is 8.42 Å². The number of rotatable bonds is 6. The molecule has 1 aromatic rings. The molecule has 5 nitrogen and oxygen atoms in total. The highest BCUT2D eigenvalue weighted by Crippen LogP contribution is 2.28. The zero-order valence-electron chi connectivity index (χ0n) is 12.2. The summed E-state index contributed by atoms with van der Waals surface area (Å²) in [6.07, 6.45) is 3.20. The summed E-state index contributed by atoms with van der Waals surface area (Å²) in [5.74, 6) is 2.37. The van der Waals surface area contributed by atoms with Gasteiger partial charge >= 0.3 is 0 Å². The molecule has 1 fully saturated rings. The lowest BCUT2D eigenvalue weighted by molar-refractivity contribution is 0.394. The lowest BCUT2D eigenvalue weighted by atomic mass is 10.3. The lowest BCUT2D eigenvalue weighted by Gasteiger charge is -2.23. The van der Waals surface area contributed by atoms with Gasteiger partial charge in [-0.3, -0.25) is 0 Å². The summed E-state index contributed by atoms with van der Waals surface area (Å²) < 4.78 is 26.6. The van der Waals surface area contributed by atoms with Crippen LogP contribution in [-0.2, 0) is 10.0 Å². The van der Waals surface area contributed by atoms with Gasteiger partial charge in [0.05, 0.1) is 5.02 Å². The highest BCUT2D eigenvalue weighted by atomic mass is 35.5. The standard InChI is InChI=1S/C13H20ClN3O2S2/c1-3-5-15-13-12(14)7-11(8-16-13)21(18,19)17(2)10-4-6-20-9-10/h7-8,10H,3-6,9H2,1-2H3,(H,15,16). The average molecular weight is 350 g/mol. The van der Waals surface area contributed by atoms with Crippen LogP contribution in [0.5, 0.6) is 0 Å². The molecule has 0 aromatic carbocycles. The van der Waals surface area contributed by atoms with E-state index in [0.717, 1.165) is 30.9 Å². The summed E-state index contributed by atoms with van der Waals surface area (Å²) in [7, 11) is -1.91. The Hall–Kier alpha value is -0.500. The van der Waals surface area contributed by atoms with Crippen molar-refractivity contribution < 1.29 is 8.42 Å². The second-order valence-electron chi connectivity index (χ2n) is 4.97. The van der Waals surface area contributed by atoms with E-state index >= 15 is 0 Å². The molecule has 0 spiro atoms. The monoisotopic (exact) mass is 349 g/mol. The molecule has 1 aliphatic heterocycles. The number of hydrogen-bond acceptors (Lipinski definition) is 5. The van der Waals surface area contributed by atoms with Gasteiger partial charge in [0.2, 0.25) is 10.0 Å². The second kappa shape index (κ2) is 7.17. The van der Waals surface area contributed by atoms with E-state index in [-0.39, 0.29) is 10.9 Å². The van der Waals surface area contributed by atoms with Gasteiger partial charge in [-0.1, -0.05) is 18.5 Å². The van der Waals surface area contributed by atoms with E-state index in [1.807, 2.05) is 6.92 Å². The molecule has 8 heteroatoms. The van der Waals surface area contributed by atoms with Gasteiger partial charge in [-0.25, -0.2) is 13.4 Å². The number of anilines is 1. The lowest BCUT2D eigenvalue weighted by Crippen LogP contribution is -2.37. The Morgan fingerprint density at radius 3 is 2.90 bits per heavy atom. The summed E-state index contributed by atoms with van der Waals surface area (Å²) in [5, 5.41) is 3.40. The fourth-order valence-corrected chi connectivity index (χ4v) is 5.12. The first-order valence-corrected chi connectivity index (χ1v) is 9.89. The number of sulfonamides is 1. The number of aromatic nitrogens is 1. The van der Waals surface area contributed by atoms with Crippen molar-refractivity contribution in [3.8, 4) is 0 Å². The molecule has 2 rings (SSSR count). The van der Waals surface area contributed by atoms with Crippen molar-refractivity contribution in [1.29, 1.82) is 0 Å². The molecule has 0 saturated carbocycles. The molecule has 21 heavy (non-hydrogen) atoms. The van der Waals surface area contributed by atoms with Gasteiger partial charge in [0.25, 0.3) is 0 Å². The molecule has 1 unspecified atom stereocenters. The van der Waals surface area contributed by atoms with Gasteiger partial charge in [0.1, 0.15) is 10.7 Å². The van der Waals surface area contributed by atoms with Crippen molar-refractivity contribution in [3.63, 3.8) is 0 Å². The van der Waals surface area contributed by atoms with E-state index in [4.69, 9.17) is 11.6 Å². The van der Waals surface area contributed by atoms with Crippen LogP contribution in [0.4, 0.5) is 5.82 Å². The average Bonchev–Trinajstić information content (AvgIpc) is 2.99. The number of thioether (sulfide) groups is 1. The normalized spacial score (nSPS) is 19.1. The highest BCUT2D eigenvalue weighted by Gasteiger charge is 2.30. The maximum atomic E-state index is 12.6. The molecule has 118 valence electrons. The Morgan fingerprint density at radius 1 is 1.57 bits per heavy atom. The van der Waals surface area contributed by atoms with E-state index in [1.165, 1.54) is 16.6 Å². The van der Waals surface area contributed by atoms with Crippen molar-refractivity contribution in [2.75, 3.05) is 30.4 Å². The predicted octanol–water partition coefficient (Wildman–Crippen LogP) is 2.68. The number of hydrogen-bond donors (Lipinski definition) is 1. The molecule has 1 atom stereocenters. The molecule has 0 bridgehead atoms. The van der Waals surface area contributed by atoms with Gasteiger partial charge in [0, 0.05) is 31.6 Å². The summed E-state index contributed by atoms with van der Waals surface area (Å²) in [6, 6.07) is 1.53. The van der Waals surface area contributed by atoms with Crippen LogP contribution < -0.4 is 5.32 Å². The van der Waals surface area contributed by atoms with Gasteiger partial charge in [0.15, 0.2) is 0 Å². The van der Waals surface area contributed by atoms with Crippen molar-refractivity contribution in [2.24, 2.45) is 0 Å². The van der Waals surface area contributed by atoms with E-state index < -0.39 is 10.0 Å². The van der Waals surface area contributed by atoms with E-state index in [0.29, 0.717) is 10.8 Å². The third-order valence-electron chi connectivity index (χ3n) is 3.46. The Bertz CT molecular complexity index is 589.